The highest BCUT2D eigenvalue weighted by molar-refractivity contribution is 5.56. The second kappa shape index (κ2) is 5.77. The molecule has 1 fully saturated rings. The molecule has 0 spiro atoms. The largest absolute Gasteiger partial charge is 0.367 e. The lowest BCUT2D eigenvalue weighted by Crippen LogP contribution is -2.56. The van der Waals surface area contributed by atoms with Crippen molar-refractivity contribution in [2.45, 2.75) is 52.5 Å². The van der Waals surface area contributed by atoms with Crippen LogP contribution in [0.15, 0.2) is 18.2 Å². The minimum atomic E-state index is 0.131. The van der Waals surface area contributed by atoms with E-state index < -0.39 is 0 Å². The van der Waals surface area contributed by atoms with Crippen molar-refractivity contribution in [2.75, 3.05) is 18.5 Å². The van der Waals surface area contributed by atoms with Gasteiger partial charge in [-0.15, -0.1) is 0 Å². The summed E-state index contributed by atoms with van der Waals surface area (Å²) in [5.74, 6) is 1.57. The van der Waals surface area contributed by atoms with E-state index in [1.165, 1.54) is 36.1 Å². The molecule has 1 saturated carbocycles. The fourth-order valence-electron chi connectivity index (χ4n) is 3.75. The van der Waals surface area contributed by atoms with Gasteiger partial charge in [-0.1, -0.05) is 31.5 Å². The fourth-order valence-corrected chi connectivity index (χ4v) is 3.75. The molecule has 3 atom stereocenters. The molecule has 0 bridgehead atoms. The molecule has 1 aliphatic carbocycles. The Hall–Kier alpha value is -1.02. The van der Waals surface area contributed by atoms with Crippen molar-refractivity contribution in [2.24, 2.45) is 17.6 Å². The molecule has 2 N–H and O–H groups in total. The van der Waals surface area contributed by atoms with Gasteiger partial charge in [0.1, 0.15) is 0 Å². The third-order valence-corrected chi connectivity index (χ3v) is 5.54. The highest BCUT2D eigenvalue weighted by Gasteiger charge is 2.40. The Morgan fingerprint density at radius 1 is 1.25 bits per heavy atom. The molecule has 0 radical (unpaired) electrons. The molecule has 0 aliphatic heterocycles. The zero-order valence-electron chi connectivity index (χ0n) is 13.7. The number of aryl methyl sites for hydroxylation is 2. The minimum absolute atomic E-state index is 0.131. The highest BCUT2D eigenvalue weighted by atomic mass is 15.2. The quantitative estimate of drug-likeness (QED) is 0.906. The predicted molar refractivity (Wildman–Crippen MR) is 88.3 cm³/mol. The van der Waals surface area contributed by atoms with E-state index in [-0.39, 0.29) is 5.54 Å². The lowest BCUT2D eigenvalue weighted by atomic mass is 9.70. The molecule has 112 valence electrons. The topological polar surface area (TPSA) is 29.3 Å². The SMILES string of the molecule is Cc1ccc(N(C)C2(CN)CCC(C)C(C)C2)c(C)c1. The van der Waals surface area contributed by atoms with E-state index in [1.54, 1.807) is 0 Å². The predicted octanol–water partition coefficient (Wildman–Crippen LogP) is 3.89. The Labute approximate surface area is 124 Å². The van der Waals surface area contributed by atoms with Crippen molar-refractivity contribution in [3.8, 4) is 0 Å². The monoisotopic (exact) mass is 274 g/mol. The number of hydrogen-bond acceptors (Lipinski definition) is 2. The zero-order valence-corrected chi connectivity index (χ0v) is 13.7. The summed E-state index contributed by atoms with van der Waals surface area (Å²) in [7, 11) is 2.23. The normalized spacial score (nSPS) is 30.3. The Morgan fingerprint density at radius 2 is 1.95 bits per heavy atom. The smallest absolute Gasteiger partial charge is 0.0523 e. The van der Waals surface area contributed by atoms with Gasteiger partial charge in [0.25, 0.3) is 0 Å². The molecule has 0 aromatic heterocycles. The van der Waals surface area contributed by atoms with Gasteiger partial charge in [0, 0.05) is 19.3 Å². The first-order chi connectivity index (χ1) is 9.39. The standard InChI is InChI=1S/C18H30N2/c1-13-6-7-17(15(3)10-13)20(5)18(12-19)9-8-14(2)16(4)11-18/h6-7,10,14,16H,8-9,11-12,19H2,1-5H3. The minimum Gasteiger partial charge on any atom is -0.367 e. The Bertz CT molecular complexity index is 468. The molecule has 20 heavy (non-hydrogen) atoms. The molecule has 1 aliphatic rings. The summed E-state index contributed by atoms with van der Waals surface area (Å²) in [6.45, 7) is 9.86. The fraction of sp³-hybridized carbons (Fsp3) is 0.667. The van der Waals surface area contributed by atoms with Crippen LogP contribution >= 0.6 is 0 Å². The first kappa shape index (κ1) is 15.4. The van der Waals surface area contributed by atoms with E-state index in [1.807, 2.05) is 0 Å². The highest BCUT2D eigenvalue weighted by Crippen LogP contribution is 2.41. The molecular formula is C18H30N2. The maximum atomic E-state index is 6.22. The molecule has 1 aromatic rings. The average Bonchev–Trinajstić information content (AvgIpc) is 2.41. The van der Waals surface area contributed by atoms with Crippen molar-refractivity contribution in [1.29, 1.82) is 0 Å². The van der Waals surface area contributed by atoms with E-state index in [2.05, 4.69) is 57.8 Å². The van der Waals surface area contributed by atoms with Crippen LogP contribution in [0.3, 0.4) is 0 Å². The summed E-state index contributed by atoms with van der Waals surface area (Å²) in [5, 5.41) is 0. The Morgan fingerprint density at radius 3 is 2.50 bits per heavy atom. The van der Waals surface area contributed by atoms with Gasteiger partial charge >= 0.3 is 0 Å². The van der Waals surface area contributed by atoms with Crippen LogP contribution in [0.5, 0.6) is 0 Å². The molecule has 2 rings (SSSR count). The van der Waals surface area contributed by atoms with Crippen LogP contribution in [0.2, 0.25) is 0 Å². The molecule has 1 aromatic carbocycles. The van der Waals surface area contributed by atoms with Crippen LogP contribution in [0.4, 0.5) is 5.69 Å². The first-order valence-corrected chi connectivity index (χ1v) is 7.91. The van der Waals surface area contributed by atoms with Crippen molar-refractivity contribution in [3.63, 3.8) is 0 Å². The van der Waals surface area contributed by atoms with E-state index >= 15 is 0 Å². The van der Waals surface area contributed by atoms with Gasteiger partial charge in [0.2, 0.25) is 0 Å². The van der Waals surface area contributed by atoms with E-state index in [0.717, 1.165) is 18.4 Å². The van der Waals surface area contributed by atoms with Crippen molar-refractivity contribution in [3.05, 3.63) is 29.3 Å². The summed E-state index contributed by atoms with van der Waals surface area (Å²) >= 11 is 0. The summed E-state index contributed by atoms with van der Waals surface area (Å²) in [4.78, 5) is 2.46. The van der Waals surface area contributed by atoms with Gasteiger partial charge in [-0.25, -0.2) is 0 Å². The van der Waals surface area contributed by atoms with Gasteiger partial charge in [0.05, 0.1) is 5.54 Å². The maximum absolute atomic E-state index is 6.22. The summed E-state index contributed by atoms with van der Waals surface area (Å²) in [6, 6.07) is 6.73. The summed E-state index contributed by atoms with van der Waals surface area (Å²) < 4.78 is 0. The molecule has 0 saturated heterocycles. The second-order valence-corrected chi connectivity index (χ2v) is 6.97. The van der Waals surface area contributed by atoms with Gasteiger partial charge in [-0.05, 0) is 56.6 Å². The van der Waals surface area contributed by atoms with Gasteiger partial charge in [-0.3, -0.25) is 0 Å². The van der Waals surface area contributed by atoms with Crippen molar-refractivity contribution in [1.82, 2.24) is 0 Å². The number of nitrogens with zero attached hydrogens (tertiary/aromatic N) is 1. The molecule has 3 unspecified atom stereocenters. The molecule has 0 amide bonds. The van der Waals surface area contributed by atoms with Crippen LogP contribution in [0.1, 0.15) is 44.2 Å². The molecule has 0 heterocycles. The number of hydrogen-bond donors (Lipinski definition) is 1. The maximum Gasteiger partial charge on any atom is 0.0523 e. The van der Waals surface area contributed by atoms with E-state index in [9.17, 15) is 0 Å². The summed E-state index contributed by atoms with van der Waals surface area (Å²) in [6.07, 6.45) is 3.70. The first-order valence-electron chi connectivity index (χ1n) is 7.91. The lowest BCUT2D eigenvalue weighted by Gasteiger charge is -2.49. The zero-order chi connectivity index (χ0) is 14.9. The van der Waals surface area contributed by atoms with Crippen LogP contribution < -0.4 is 10.6 Å². The third kappa shape index (κ3) is 2.71. The molecule has 2 nitrogen and oxygen atoms in total. The van der Waals surface area contributed by atoms with Gasteiger partial charge < -0.3 is 10.6 Å². The van der Waals surface area contributed by atoms with E-state index in [4.69, 9.17) is 5.73 Å². The van der Waals surface area contributed by atoms with Crippen LogP contribution in [-0.2, 0) is 0 Å². The van der Waals surface area contributed by atoms with Crippen LogP contribution in [-0.4, -0.2) is 19.1 Å². The van der Waals surface area contributed by atoms with Crippen LogP contribution in [0.25, 0.3) is 0 Å². The summed E-state index contributed by atoms with van der Waals surface area (Å²) in [5.41, 5.74) is 10.4. The lowest BCUT2D eigenvalue weighted by molar-refractivity contribution is 0.176. The Balaban J connectivity index is 2.31. The van der Waals surface area contributed by atoms with Crippen LogP contribution in [0, 0.1) is 25.7 Å². The number of nitrogens with two attached hydrogens (primary N) is 1. The average molecular weight is 274 g/mol. The molecular weight excluding hydrogens is 244 g/mol. The number of anilines is 1. The third-order valence-electron chi connectivity index (χ3n) is 5.54. The second-order valence-electron chi connectivity index (χ2n) is 6.97. The Kier molecular flexibility index (Phi) is 4.43. The molecule has 2 heteroatoms. The van der Waals surface area contributed by atoms with Crippen molar-refractivity contribution < 1.29 is 0 Å². The number of likely N-dealkylation sites (N-methyl/N-ethyl adjacent to an activating group) is 1. The van der Waals surface area contributed by atoms with E-state index in [0.29, 0.717) is 0 Å². The van der Waals surface area contributed by atoms with Gasteiger partial charge in [0.15, 0.2) is 0 Å². The number of rotatable bonds is 3. The number of benzene rings is 1. The van der Waals surface area contributed by atoms with Crippen molar-refractivity contribution >= 4 is 5.69 Å². The van der Waals surface area contributed by atoms with Gasteiger partial charge in [-0.2, -0.15) is 0 Å².